The lowest BCUT2D eigenvalue weighted by molar-refractivity contribution is -0.130. The second-order valence-corrected chi connectivity index (χ2v) is 5.70. The zero-order valence-electron chi connectivity index (χ0n) is 13.4. The van der Waals surface area contributed by atoms with Crippen molar-refractivity contribution in [2.45, 2.75) is 32.7 Å². The van der Waals surface area contributed by atoms with Crippen molar-refractivity contribution >= 4 is 17.7 Å². The van der Waals surface area contributed by atoms with Gasteiger partial charge in [-0.1, -0.05) is 12.1 Å². The van der Waals surface area contributed by atoms with Gasteiger partial charge in [0.15, 0.2) is 0 Å². The molecule has 23 heavy (non-hydrogen) atoms. The summed E-state index contributed by atoms with van der Waals surface area (Å²) in [6.45, 7) is 3.93. The van der Waals surface area contributed by atoms with E-state index in [1.165, 1.54) is 6.92 Å². The van der Waals surface area contributed by atoms with Gasteiger partial charge in [-0.3, -0.25) is 14.4 Å². The van der Waals surface area contributed by atoms with Gasteiger partial charge in [-0.25, -0.2) is 0 Å². The van der Waals surface area contributed by atoms with Gasteiger partial charge in [0.25, 0.3) is 5.91 Å². The van der Waals surface area contributed by atoms with E-state index in [0.717, 1.165) is 31.5 Å². The van der Waals surface area contributed by atoms with Crippen LogP contribution in [0.4, 0.5) is 0 Å². The van der Waals surface area contributed by atoms with Crippen LogP contribution in [0.1, 0.15) is 42.1 Å². The summed E-state index contributed by atoms with van der Waals surface area (Å²) in [5.74, 6) is -0.173. The number of hydrogen-bond donors (Lipinski definition) is 2. The van der Waals surface area contributed by atoms with Crippen molar-refractivity contribution in [3.8, 4) is 0 Å². The van der Waals surface area contributed by atoms with Crippen molar-refractivity contribution in [3.05, 3.63) is 35.4 Å². The van der Waals surface area contributed by atoms with Gasteiger partial charge in [0.1, 0.15) is 0 Å². The van der Waals surface area contributed by atoms with E-state index < -0.39 is 0 Å². The van der Waals surface area contributed by atoms with Gasteiger partial charge in [-0.2, -0.15) is 0 Å². The highest BCUT2D eigenvalue weighted by molar-refractivity contribution is 5.94. The van der Waals surface area contributed by atoms with Crippen LogP contribution in [0, 0.1) is 0 Å². The standard InChI is InChI=1S/C17H23N3O3/c1-13(21)19-12-14-4-6-15(7-5-14)17(23)18-9-8-16(22)20-10-2-3-11-20/h4-7H,2-3,8-12H2,1H3,(H,18,23)(H,19,21). The highest BCUT2D eigenvalue weighted by Gasteiger charge is 2.17. The first kappa shape index (κ1) is 17.0. The SMILES string of the molecule is CC(=O)NCc1ccc(C(=O)NCCC(=O)N2CCCC2)cc1. The number of nitrogens with one attached hydrogen (secondary N) is 2. The van der Waals surface area contributed by atoms with Crippen LogP contribution in [0.2, 0.25) is 0 Å². The molecule has 0 unspecified atom stereocenters. The lowest BCUT2D eigenvalue weighted by Gasteiger charge is -2.15. The fourth-order valence-electron chi connectivity index (χ4n) is 2.51. The molecule has 0 saturated carbocycles. The van der Waals surface area contributed by atoms with E-state index in [4.69, 9.17) is 0 Å². The Bertz CT molecular complexity index is 563. The van der Waals surface area contributed by atoms with Gasteiger partial charge < -0.3 is 15.5 Å². The Morgan fingerprint density at radius 1 is 1.04 bits per heavy atom. The lowest BCUT2D eigenvalue weighted by atomic mass is 10.1. The van der Waals surface area contributed by atoms with Crippen LogP contribution in [-0.4, -0.2) is 42.3 Å². The molecule has 0 aromatic heterocycles. The summed E-state index contributed by atoms with van der Waals surface area (Å²) in [7, 11) is 0. The van der Waals surface area contributed by atoms with E-state index in [0.29, 0.717) is 25.1 Å². The highest BCUT2D eigenvalue weighted by atomic mass is 16.2. The Morgan fingerprint density at radius 3 is 2.30 bits per heavy atom. The number of hydrogen-bond acceptors (Lipinski definition) is 3. The predicted octanol–water partition coefficient (Wildman–Crippen LogP) is 1.06. The van der Waals surface area contributed by atoms with Gasteiger partial charge in [0.05, 0.1) is 0 Å². The van der Waals surface area contributed by atoms with Gasteiger partial charge in [0, 0.05) is 45.1 Å². The molecule has 0 spiro atoms. The minimum Gasteiger partial charge on any atom is -0.352 e. The van der Waals surface area contributed by atoms with E-state index in [2.05, 4.69) is 10.6 Å². The first-order valence-corrected chi connectivity index (χ1v) is 7.95. The Hall–Kier alpha value is -2.37. The number of carbonyl (C=O) groups excluding carboxylic acids is 3. The maximum Gasteiger partial charge on any atom is 0.251 e. The average molecular weight is 317 g/mol. The molecular weight excluding hydrogens is 294 g/mol. The molecule has 0 atom stereocenters. The van der Waals surface area contributed by atoms with Gasteiger partial charge >= 0.3 is 0 Å². The summed E-state index contributed by atoms with van der Waals surface area (Å²) >= 11 is 0. The van der Waals surface area contributed by atoms with Crippen LogP contribution in [0.3, 0.4) is 0 Å². The number of nitrogens with zero attached hydrogens (tertiary/aromatic N) is 1. The molecule has 6 heteroatoms. The Morgan fingerprint density at radius 2 is 1.70 bits per heavy atom. The molecule has 2 N–H and O–H groups in total. The molecule has 1 heterocycles. The molecule has 2 rings (SSSR count). The molecule has 124 valence electrons. The highest BCUT2D eigenvalue weighted by Crippen LogP contribution is 2.08. The lowest BCUT2D eigenvalue weighted by Crippen LogP contribution is -2.32. The largest absolute Gasteiger partial charge is 0.352 e. The number of rotatable bonds is 6. The van der Waals surface area contributed by atoms with Crippen molar-refractivity contribution in [2.75, 3.05) is 19.6 Å². The third-order valence-electron chi connectivity index (χ3n) is 3.84. The first-order valence-electron chi connectivity index (χ1n) is 7.95. The minimum absolute atomic E-state index is 0.0884. The monoisotopic (exact) mass is 317 g/mol. The third-order valence-corrected chi connectivity index (χ3v) is 3.84. The second kappa shape index (κ2) is 8.31. The van der Waals surface area contributed by atoms with E-state index in [9.17, 15) is 14.4 Å². The molecule has 1 aliphatic rings. The molecule has 0 aliphatic carbocycles. The topological polar surface area (TPSA) is 78.5 Å². The van der Waals surface area contributed by atoms with E-state index >= 15 is 0 Å². The van der Waals surface area contributed by atoms with Crippen molar-refractivity contribution in [2.24, 2.45) is 0 Å². The summed E-state index contributed by atoms with van der Waals surface area (Å²) in [4.78, 5) is 36.6. The van der Waals surface area contributed by atoms with Crippen LogP contribution in [0.25, 0.3) is 0 Å². The van der Waals surface area contributed by atoms with Crippen molar-refractivity contribution in [3.63, 3.8) is 0 Å². The quantitative estimate of drug-likeness (QED) is 0.823. The molecule has 1 aromatic carbocycles. The Kier molecular flexibility index (Phi) is 6.14. The second-order valence-electron chi connectivity index (χ2n) is 5.70. The number of amides is 3. The van der Waals surface area contributed by atoms with Gasteiger partial charge in [-0.05, 0) is 30.5 Å². The van der Waals surface area contributed by atoms with Crippen LogP contribution in [-0.2, 0) is 16.1 Å². The van der Waals surface area contributed by atoms with Gasteiger partial charge in [-0.15, -0.1) is 0 Å². The average Bonchev–Trinajstić information content (AvgIpc) is 3.07. The van der Waals surface area contributed by atoms with E-state index in [-0.39, 0.29) is 17.7 Å². The summed E-state index contributed by atoms with van der Waals surface area (Å²) in [5, 5.41) is 5.47. The van der Waals surface area contributed by atoms with E-state index in [1.54, 1.807) is 24.3 Å². The van der Waals surface area contributed by atoms with Crippen molar-refractivity contribution in [1.82, 2.24) is 15.5 Å². The molecule has 6 nitrogen and oxygen atoms in total. The zero-order chi connectivity index (χ0) is 16.7. The molecule has 1 aromatic rings. The van der Waals surface area contributed by atoms with Crippen LogP contribution >= 0.6 is 0 Å². The smallest absolute Gasteiger partial charge is 0.251 e. The molecule has 1 saturated heterocycles. The zero-order valence-corrected chi connectivity index (χ0v) is 13.4. The van der Waals surface area contributed by atoms with Crippen molar-refractivity contribution < 1.29 is 14.4 Å². The Balaban J connectivity index is 1.74. The van der Waals surface area contributed by atoms with Crippen LogP contribution < -0.4 is 10.6 Å². The predicted molar refractivity (Wildman–Crippen MR) is 86.7 cm³/mol. The summed E-state index contributed by atoms with van der Waals surface area (Å²) in [6, 6.07) is 7.05. The third kappa shape index (κ3) is 5.39. The normalized spacial score (nSPS) is 13.7. The summed E-state index contributed by atoms with van der Waals surface area (Å²) in [5.41, 5.74) is 1.48. The van der Waals surface area contributed by atoms with E-state index in [1.807, 2.05) is 4.90 Å². The van der Waals surface area contributed by atoms with Crippen molar-refractivity contribution in [1.29, 1.82) is 0 Å². The molecule has 1 fully saturated rings. The summed E-state index contributed by atoms with van der Waals surface area (Å²) < 4.78 is 0. The Labute approximate surface area is 136 Å². The maximum atomic E-state index is 12.0. The van der Waals surface area contributed by atoms with Crippen LogP contribution in [0.5, 0.6) is 0 Å². The molecule has 0 bridgehead atoms. The molecule has 0 radical (unpaired) electrons. The minimum atomic E-state index is -0.190. The number of benzene rings is 1. The number of carbonyl (C=O) groups is 3. The summed E-state index contributed by atoms with van der Waals surface area (Å²) in [6.07, 6.45) is 2.48. The van der Waals surface area contributed by atoms with Gasteiger partial charge in [0.2, 0.25) is 11.8 Å². The first-order chi connectivity index (χ1) is 11.1. The maximum absolute atomic E-state index is 12.0. The fourth-order valence-corrected chi connectivity index (χ4v) is 2.51. The number of likely N-dealkylation sites (tertiary alicyclic amines) is 1. The fraction of sp³-hybridized carbons (Fsp3) is 0.471. The molecule has 3 amide bonds. The van der Waals surface area contributed by atoms with Crippen LogP contribution in [0.15, 0.2) is 24.3 Å². The molecule has 1 aliphatic heterocycles. The molecular formula is C17H23N3O3.